The van der Waals surface area contributed by atoms with Crippen molar-refractivity contribution in [3.05, 3.63) is 64.7 Å². The molecule has 0 bridgehead atoms. The number of hydrogen-bond donors (Lipinski definition) is 1. The molecule has 1 heterocycles. The molecule has 1 N–H and O–H groups in total. The van der Waals surface area contributed by atoms with E-state index >= 15 is 0 Å². The van der Waals surface area contributed by atoms with Gasteiger partial charge in [-0.25, -0.2) is 4.39 Å². The zero-order valence-electron chi connectivity index (χ0n) is 16.5. The van der Waals surface area contributed by atoms with Crippen LogP contribution in [-0.2, 0) is 16.0 Å². The van der Waals surface area contributed by atoms with Gasteiger partial charge in [-0.05, 0) is 29.8 Å². The Morgan fingerprint density at radius 3 is 2.52 bits per heavy atom. The van der Waals surface area contributed by atoms with Gasteiger partial charge in [0.05, 0.1) is 18.8 Å². The molecule has 0 aromatic heterocycles. The summed E-state index contributed by atoms with van der Waals surface area (Å²) >= 11 is 0. The molecular weight excluding hydrogens is 377 g/mol. The van der Waals surface area contributed by atoms with Crippen LogP contribution >= 0.6 is 0 Å². The molecule has 0 saturated carbocycles. The molecule has 1 aliphatic heterocycles. The predicted molar refractivity (Wildman–Crippen MR) is 103 cm³/mol. The molecule has 0 radical (unpaired) electrons. The zero-order chi connectivity index (χ0) is 20.8. The second kappa shape index (κ2) is 9.65. The molecule has 3 rings (SSSR count). The minimum absolute atomic E-state index is 0.0767. The number of Topliss-reactive ketones (excluding diaryl/α,β-unsaturated/α-hetero) is 1. The van der Waals surface area contributed by atoms with E-state index < -0.39 is 5.82 Å². The predicted octanol–water partition coefficient (Wildman–Crippen LogP) is 1.19. The highest BCUT2D eigenvalue weighted by molar-refractivity contribution is 6.14. The summed E-state index contributed by atoms with van der Waals surface area (Å²) in [5.41, 5.74) is 1.30. The molecule has 1 aliphatic rings. The Bertz CT molecular complexity index is 904. The fourth-order valence-electron chi connectivity index (χ4n) is 3.25. The van der Waals surface area contributed by atoms with Crippen LogP contribution in [0.5, 0.6) is 11.5 Å². The molecule has 0 fully saturated rings. The van der Waals surface area contributed by atoms with Crippen LogP contribution in [0.15, 0.2) is 42.2 Å². The Morgan fingerprint density at radius 2 is 1.86 bits per heavy atom. The summed E-state index contributed by atoms with van der Waals surface area (Å²) in [6.07, 6.45) is 1.49. The third-order valence-electron chi connectivity index (χ3n) is 4.79. The molecule has 0 atom stereocenters. The number of ether oxygens (including phenoxy) is 3. The fraction of sp³-hybridized carbons (Fsp3) is 0.318. The molecule has 2 aromatic carbocycles. The van der Waals surface area contributed by atoms with Gasteiger partial charge in [-0.15, -0.1) is 0 Å². The number of allylic oxidation sites excluding steroid dienone is 1. The number of methoxy groups -OCH3 is 2. The minimum atomic E-state index is -0.402. The molecule has 7 heteroatoms. The van der Waals surface area contributed by atoms with Gasteiger partial charge in [-0.1, -0.05) is 23.9 Å². The summed E-state index contributed by atoms with van der Waals surface area (Å²) < 4.78 is 29.6. The largest absolute Gasteiger partial charge is 0.872 e. The highest BCUT2D eigenvalue weighted by atomic mass is 19.1. The monoisotopic (exact) mass is 401 g/mol. The lowest BCUT2D eigenvalue weighted by molar-refractivity contribution is -0.914. The van der Waals surface area contributed by atoms with Gasteiger partial charge in [-0.3, -0.25) is 4.79 Å². The van der Waals surface area contributed by atoms with Gasteiger partial charge in [-0.2, -0.15) is 0 Å². The third kappa shape index (κ3) is 5.00. The summed E-state index contributed by atoms with van der Waals surface area (Å²) in [6.45, 7) is 2.82. The van der Waals surface area contributed by atoms with Gasteiger partial charge in [0.2, 0.25) is 5.78 Å². The van der Waals surface area contributed by atoms with Gasteiger partial charge in [0, 0.05) is 19.8 Å². The van der Waals surface area contributed by atoms with E-state index in [1.54, 1.807) is 26.4 Å². The average Bonchev–Trinajstić information content (AvgIpc) is 3.01. The molecule has 2 aromatic rings. The lowest BCUT2D eigenvalue weighted by atomic mass is 10.0. The Kier molecular flexibility index (Phi) is 6.98. The molecule has 0 amide bonds. The van der Waals surface area contributed by atoms with E-state index in [1.807, 2.05) is 0 Å². The van der Waals surface area contributed by atoms with E-state index in [2.05, 4.69) is 0 Å². The summed E-state index contributed by atoms with van der Waals surface area (Å²) in [4.78, 5) is 13.8. The van der Waals surface area contributed by atoms with Crippen LogP contribution in [-0.4, -0.2) is 46.3 Å². The van der Waals surface area contributed by atoms with Crippen molar-refractivity contribution >= 4 is 11.9 Å². The second-order valence-corrected chi connectivity index (χ2v) is 6.83. The Labute approximate surface area is 169 Å². The number of carbonyl (C=O) groups excluding carboxylic acids is 1. The Morgan fingerprint density at radius 1 is 1.14 bits per heavy atom. The molecular formula is C22H24FNO5. The van der Waals surface area contributed by atoms with Crippen molar-refractivity contribution in [1.82, 2.24) is 0 Å². The van der Waals surface area contributed by atoms with Gasteiger partial charge >= 0.3 is 0 Å². The van der Waals surface area contributed by atoms with Crippen LogP contribution < -0.4 is 14.7 Å². The first kappa shape index (κ1) is 21.0. The van der Waals surface area contributed by atoms with Crippen molar-refractivity contribution < 1.29 is 33.4 Å². The van der Waals surface area contributed by atoms with Crippen molar-refractivity contribution in [2.75, 3.05) is 40.5 Å². The number of ketones is 1. The topological polar surface area (TPSA) is 72.3 Å². The Balaban J connectivity index is 1.89. The maximum absolute atomic E-state index is 13.4. The molecule has 0 unspecified atom stereocenters. The highest BCUT2D eigenvalue weighted by Crippen LogP contribution is 2.38. The third-order valence-corrected chi connectivity index (χ3v) is 4.79. The van der Waals surface area contributed by atoms with E-state index in [0.717, 1.165) is 4.90 Å². The summed E-state index contributed by atoms with van der Waals surface area (Å²) in [5, 5.41) is 12.5. The number of fused-ring (bicyclic) bond motifs is 1. The van der Waals surface area contributed by atoms with Crippen LogP contribution in [0, 0.1) is 5.82 Å². The number of quaternary nitrogens is 1. The minimum Gasteiger partial charge on any atom is -0.872 e. The van der Waals surface area contributed by atoms with Crippen LogP contribution in [0.2, 0.25) is 0 Å². The van der Waals surface area contributed by atoms with Crippen molar-refractivity contribution in [3.63, 3.8) is 0 Å². The second-order valence-electron chi connectivity index (χ2n) is 6.83. The van der Waals surface area contributed by atoms with Crippen LogP contribution in [0.4, 0.5) is 4.39 Å². The van der Waals surface area contributed by atoms with Crippen molar-refractivity contribution in [2.24, 2.45) is 0 Å². The lowest BCUT2D eigenvalue weighted by Crippen LogP contribution is -3.11. The van der Waals surface area contributed by atoms with Crippen LogP contribution in [0.3, 0.4) is 0 Å². The zero-order valence-corrected chi connectivity index (χ0v) is 16.5. The van der Waals surface area contributed by atoms with E-state index in [1.165, 1.54) is 30.3 Å². The summed E-state index contributed by atoms with van der Waals surface area (Å²) in [7, 11) is 3.25. The maximum Gasteiger partial charge on any atom is 0.231 e. The van der Waals surface area contributed by atoms with Crippen LogP contribution in [0.25, 0.3) is 6.08 Å². The van der Waals surface area contributed by atoms with E-state index in [-0.39, 0.29) is 23.0 Å². The number of benzene rings is 2. The smallest absolute Gasteiger partial charge is 0.231 e. The van der Waals surface area contributed by atoms with E-state index in [4.69, 9.17) is 14.2 Å². The first-order valence-corrected chi connectivity index (χ1v) is 9.37. The molecule has 154 valence electrons. The molecule has 6 nitrogen and oxygen atoms in total. The molecule has 0 spiro atoms. The maximum atomic E-state index is 13.4. The van der Waals surface area contributed by atoms with Gasteiger partial charge in [0.15, 0.2) is 5.76 Å². The highest BCUT2D eigenvalue weighted by Gasteiger charge is 2.31. The van der Waals surface area contributed by atoms with Gasteiger partial charge in [0.1, 0.15) is 31.2 Å². The van der Waals surface area contributed by atoms with Gasteiger partial charge in [0.25, 0.3) is 0 Å². The van der Waals surface area contributed by atoms with E-state index in [9.17, 15) is 14.3 Å². The van der Waals surface area contributed by atoms with Crippen LogP contribution in [0.1, 0.15) is 21.5 Å². The molecule has 29 heavy (non-hydrogen) atoms. The normalized spacial score (nSPS) is 14.5. The Hall–Kier alpha value is -2.74. The first-order chi connectivity index (χ1) is 14.0. The fourth-order valence-corrected chi connectivity index (χ4v) is 3.25. The van der Waals surface area contributed by atoms with E-state index in [0.29, 0.717) is 49.5 Å². The van der Waals surface area contributed by atoms with Crippen molar-refractivity contribution in [3.8, 4) is 11.5 Å². The number of carbonyl (C=O) groups is 1. The molecule has 0 saturated heterocycles. The number of rotatable bonds is 9. The summed E-state index contributed by atoms with van der Waals surface area (Å²) in [6, 6.07) is 8.76. The number of nitrogens with one attached hydrogen (secondary N) is 1. The summed E-state index contributed by atoms with van der Waals surface area (Å²) in [5.74, 6) is -0.539. The number of halogens is 1. The quantitative estimate of drug-likeness (QED) is 0.640. The van der Waals surface area contributed by atoms with Crippen molar-refractivity contribution in [1.29, 1.82) is 0 Å². The standard InChI is InChI=1S/C22H24FNO5/c1-27-10-8-24(9-11-28-2)14-18-19(25)7-6-17-21(26)20(29-22(17)18)13-15-4-3-5-16(23)12-15/h3-7,12-13,25H,8-11,14H2,1-2H3. The first-order valence-electron chi connectivity index (χ1n) is 9.37. The lowest BCUT2D eigenvalue weighted by Gasteiger charge is -2.23. The molecule has 0 aliphatic carbocycles. The SMILES string of the molecule is COCC[NH+](CCOC)Cc1c([O-])ccc2c1OC(=Cc1cccc(F)c1)C2=O. The van der Waals surface area contributed by atoms with Crippen molar-refractivity contribution in [2.45, 2.75) is 6.54 Å². The number of hydrogen-bond acceptors (Lipinski definition) is 5. The van der Waals surface area contributed by atoms with Gasteiger partial charge < -0.3 is 24.2 Å². The average molecular weight is 401 g/mol.